The number of carbonyl (C=O) groups excluding carboxylic acids is 2. The Labute approximate surface area is 148 Å². The summed E-state index contributed by atoms with van der Waals surface area (Å²) in [6.07, 6.45) is 13.0. The molecule has 0 saturated carbocycles. The maximum Gasteiger partial charge on any atom is 0.317 e. The molecular formula is C20H38O4. The number of esters is 2. The van der Waals surface area contributed by atoms with E-state index in [9.17, 15) is 9.59 Å². The Morgan fingerprint density at radius 1 is 0.708 bits per heavy atom. The Bertz CT molecular complexity index is 313. The predicted octanol–water partition coefficient (Wildman–Crippen LogP) is 5.43. The molecule has 4 heteroatoms. The summed E-state index contributed by atoms with van der Waals surface area (Å²) in [5.41, 5.74) is 0. The van der Waals surface area contributed by atoms with Crippen LogP contribution in [-0.4, -0.2) is 25.2 Å². The summed E-state index contributed by atoms with van der Waals surface area (Å²) in [4.78, 5) is 22.9. The first-order chi connectivity index (χ1) is 11.6. The normalized spacial score (nSPS) is 10.8. The summed E-state index contributed by atoms with van der Waals surface area (Å²) in [7, 11) is 0. The second-order valence-electron chi connectivity index (χ2n) is 6.98. The van der Waals surface area contributed by atoms with E-state index in [2.05, 4.69) is 20.8 Å². The van der Waals surface area contributed by atoms with Crippen LogP contribution in [0.4, 0.5) is 0 Å². The zero-order chi connectivity index (χ0) is 18.0. The highest BCUT2D eigenvalue weighted by atomic mass is 16.6. The van der Waals surface area contributed by atoms with Gasteiger partial charge >= 0.3 is 11.9 Å². The van der Waals surface area contributed by atoms with Crippen LogP contribution in [0.25, 0.3) is 0 Å². The maximum atomic E-state index is 11.5. The molecule has 0 radical (unpaired) electrons. The summed E-state index contributed by atoms with van der Waals surface area (Å²) < 4.78 is 10.1. The highest BCUT2D eigenvalue weighted by Gasteiger charge is 2.11. The number of hydrogen-bond acceptors (Lipinski definition) is 4. The summed E-state index contributed by atoms with van der Waals surface area (Å²) in [6, 6.07) is 0. The van der Waals surface area contributed by atoms with E-state index in [1.165, 1.54) is 51.4 Å². The van der Waals surface area contributed by atoms with E-state index < -0.39 is 11.9 Å². The first kappa shape index (κ1) is 22.9. The van der Waals surface area contributed by atoms with Crippen LogP contribution >= 0.6 is 0 Å². The fourth-order valence-corrected chi connectivity index (χ4v) is 2.40. The van der Waals surface area contributed by atoms with Crippen molar-refractivity contribution >= 4 is 11.9 Å². The molecule has 0 bridgehead atoms. The average Bonchev–Trinajstić information content (AvgIpc) is 2.52. The van der Waals surface area contributed by atoms with E-state index in [1.54, 1.807) is 0 Å². The molecule has 142 valence electrons. The Balaban J connectivity index is 3.32. The number of unbranched alkanes of at least 4 members (excludes halogenated alkanes) is 9. The van der Waals surface area contributed by atoms with E-state index >= 15 is 0 Å². The van der Waals surface area contributed by atoms with Crippen molar-refractivity contribution in [3.05, 3.63) is 0 Å². The molecule has 0 amide bonds. The minimum Gasteiger partial charge on any atom is -0.465 e. The molecule has 0 unspecified atom stereocenters. The lowest BCUT2D eigenvalue weighted by Crippen LogP contribution is -2.15. The van der Waals surface area contributed by atoms with E-state index in [-0.39, 0.29) is 6.42 Å². The molecule has 24 heavy (non-hydrogen) atoms. The van der Waals surface area contributed by atoms with Gasteiger partial charge in [-0.2, -0.15) is 0 Å². The Morgan fingerprint density at radius 3 is 1.67 bits per heavy atom. The van der Waals surface area contributed by atoms with Crippen molar-refractivity contribution in [3.8, 4) is 0 Å². The van der Waals surface area contributed by atoms with E-state index in [4.69, 9.17) is 9.47 Å². The number of ether oxygens (including phenoxy) is 2. The fraction of sp³-hybridized carbons (Fsp3) is 0.900. The molecule has 0 N–H and O–H groups in total. The highest BCUT2D eigenvalue weighted by molar-refractivity contribution is 5.91. The van der Waals surface area contributed by atoms with Crippen molar-refractivity contribution in [3.63, 3.8) is 0 Å². The summed E-state index contributed by atoms with van der Waals surface area (Å²) in [5, 5.41) is 0. The molecule has 0 aromatic heterocycles. The molecule has 0 aromatic carbocycles. The summed E-state index contributed by atoms with van der Waals surface area (Å²) in [5.74, 6) is -0.467. The predicted molar refractivity (Wildman–Crippen MR) is 97.8 cm³/mol. The van der Waals surface area contributed by atoms with Gasteiger partial charge in [-0.25, -0.2) is 0 Å². The van der Waals surface area contributed by atoms with Crippen LogP contribution in [0.2, 0.25) is 0 Å². The quantitative estimate of drug-likeness (QED) is 0.213. The summed E-state index contributed by atoms with van der Waals surface area (Å²) in [6.45, 7) is 7.16. The van der Waals surface area contributed by atoms with Crippen molar-refractivity contribution in [1.82, 2.24) is 0 Å². The smallest absolute Gasteiger partial charge is 0.317 e. The van der Waals surface area contributed by atoms with Gasteiger partial charge in [-0.3, -0.25) is 9.59 Å². The molecule has 0 heterocycles. The van der Waals surface area contributed by atoms with E-state index in [0.29, 0.717) is 19.1 Å². The van der Waals surface area contributed by atoms with Gasteiger partial charge in [-0.1, -0.05) is 78.6 Å². The van der Waals surface area contributed by atoms with Gasteiger partial charge in [-0.05, 0) is 18.8 Å². The van der Waals surface area contributed by atoms with Crippen LogP contribution in [0.3, 0.4) is 0 Å². The Kier molecular flexibility index (Phi) is 16.0. The van der Waals surface area contributed by atoms with Crippen LogP contribution < -0.4 is 0 Å². The maximum absolute atomic E-state index is 11.5. The molecule has 0 fully saturated rings. The number of rotatable bonds is 16. The minimum absolute atomic E-state index is 0.268. The van der Waals surface area contributed by atoms with Crippen LogP contribution in [0.15, 0.2) is 0 Å². The monoisotopic (exact) mass is 342 g/mol. The van der Waals surface area contributed by atoms with Crippen LogP contribution in [0.5, 0.6) is 0 Å². The van der Waals surface area contributed by atoms with Crippen molar-refractivity contribution in [2.75, 3.05) is 13.2 Å². The molecule has 4 nitrogen and oxygen atoms in total. The number of carbonyl (C=O) groups is 2. The van der Waals surface area contributed by atoms with Crippen LogP contribution in [-0.2, 0) is 19.1 Å². The van der Waals surface area contributed by atoms with Gasteiger partial charge < -0.3 is 9.47 Å². The first-order valence-corrected chi connectivity index (χ1v) is 9.87. The second kappa shape index (κ2) is 16.8. The van der Waals surface area contributed by atoms with Gasteiger partial charge in [0.1, 0.15) is 6.42 Å². The lowest BCUT2D eigenvalue weighted by atomic mass is 10.1. The molecule has 0 spiro atoms. The SMILES string of the molecule is CCCCCCCCCCCCOC(=O)CC(=O)OCCC(C)C. The van der Waals surface area contributed by atoms with Gasteiger partial charge in [0.05, 0.1) is 13.2 Å². The molecular weight excluding hydrogens is 304 g/mol. The van der Waals surface area contributed by atoms with Gasteiger partial charge in [0.2, 0.25) is 0 Å². The van der Waals surface area contributed by atoms with Gasteiger partial charge in [0.15, 0.2) is 0 Å². The minimum atomic E-state index is -0.483. The molecule has 0 saturated heterocycles. The molecule has 0 aliphatic heterocycles. The third-order valence-electron chi connectivity index (χ3n) is 4.01. The lowest BCUT2D eigenvalue weighted by Gasteiger charge is -2.07. The van der Waals surface area contributed by atoms with Crippen LogP contribution in [0, 0.1) is 5.92 Å². The van der Waals surface area contributed by atoms with E-state index in [0.717, 1.165) is 19.3 Å². The van der Waals surface area contributed by atoms with Crippen molar-refractivity contribution in [2.24, 2.45) is 5.92 Å². The average molecular weight is 343 g/mol. The van der Waals surface area contributed by atoms with Gasteiger partial charge in [0, 0.05) is 0 Å². The molecule has 0 rings (SSSR count). The van der Waals surface area contributed by atoms with Crippen molar-refractivity contribution in [2.45, 2.75) is 97.8 Å². The second-order valence-corrected chi connectivity index (χ2v) is 6.98. The van der Waals surface area contributed by atoms with Gasteiger partial charge in [0.25, 0.3) is 0 Å². The first-order valence-electron chi connectivity index (χ1n) is 9.87. The zero-order valence-corrected chi connectivity index (χ0v) is 16.1. The molecule has 0 aliphatic carbocycles. The van der Waals surface area contributed by atoms with E-state index in [1.807, 2.05) is 0 Å². The zero-order valence-electron chi connectivity index (χ0n) is 16.1. The Hall–Kier alpha value is -1.06. The fourth-order valence-electron chi connectivity index (χ4n) is 2.40. The standard InChI is InChI=1S/C20H38O4/c1-4-5-6-7-8-9-10-11-12-13-15-23-19(21)17-20(22)24-16-14-18(2)3/h18H,4-17H2,1-3H3. The number of hydrogen-bond donors (Lipinski definition) is 0. The largest absolute Gasteiger partial charge is 0.465 e. The highest BCUT2D eigenvalue weighted by Crippen LogP contribution is 2.10. The van der Waals surface area contributed by atoms with Crippen molar-refractivity contribution < 1.29 is 19.1 Å². The molecule has 0 aliphatic rings. The lowest BCUT2D eigenvalue weighted by molar-refractivity contribution is -0.154. The third-order valence-corrected chi connectivity index (χ3v) is 4.01. The molecule has 0 atom stereocenters. The van der Waals surface area contributed by atoms with Gasteiger partial charge in [-0.15, -0.1) is 0 Å². The molecule has 0 aromatic rings. The Morgan fingerprint density at radius 2 is 1.17 bits per heavy atom. The van der Waals surface area contributed by atoms with Crippen molar-refractivity contribution in [1.29, 1.82) is 0 Å². The summed E-state index contributed by atoms with van der Waals surface area (Å²) >= 11 is 0. The van der Waals surface area contributed by atoms with Crippen LogP contribution in [0.1, 0.15) is 97.8 Å². The third kappa shape index (κ3) is 17.3. The topological polar surface area (TPSA) is 52.6 Å².